The lowest BCUT2D eigenvalue weighted by atomic mass is 10.1. The number of amides is 1. The van der Waals surface area contributed by atoms with Crippen molar-refractivity contribution in [2.75, 3.05) is 0 Å². The van der Waals surface area contributed by atoms with Crippen LogP contribution in [0.3, 0.4) is 0 Å². The summed E-state index contributed by atoms with van der Waals surface area (Å²) in [6, 6.07) is 15.5. The minimum absolute atomic E-state index is 0.342. The van der Waals surface area contributed by atoms with Crippen LogP contribution in [0.2, 0.25) is 0 Å². The first-order valence-corrected chi connectivity index (χ1v) is 6.68. The molecular formula is C15H12BrNO3. The third-order valence-corrected chi connectivity index (χ3v) is 3.37. The fraction of sp³-hybridized carbons (Fsp3) is 0.0667. The van der Waals surface area contributed by atoms with Crippen LogP contribution in [0.15, 0.2) is 59.1 Å². The van der Waals surface area contributed by atoms with Gasteiger partial charge < -0.3 is 10.5 Å². The Kier molecular flexibility index (Phi) is 4.53. The van der Waals surface area contributed by atoms with E-state index < -0.39 is 18.0 Å². The monoisotopic (exact) mass is 333 g/mol. The van der Waals surface area contributed by atoms with Crippen molar-refractivity contribution in [3.05, 3.63) is 70.2 Å². The summed E-state index contributed by atoms with van der Waals surface area (Å²) in [5.74, 6) is -1.32. The zero-order chi connectivity index (χ0) is 14.5. The number of halogens is 1. The normalized spacial score (nSPS) is 11.7. The molecule has 2 N–H and O–H groups in total. The zero-order valence-electron chi connectivity index (χ0n) is 10.5. The maximum Gasteiger partial charge on any atom is 0.340 e. The van der Waals surface area contributed by atoms with E-state index in [0.29, 0.717) is 15.6 Å². The van der Waals surface area contributed by atoms with Gasteiger partial charge in [-0.1, -0.05) is 42.5 Å². The SMILES string of the molecule is NC(=O)C(OC(=O)c1ccccc1Br)c1ccccc1. The number of primary amides is 1. The first-order chi connectivity index (χ1) is 9.59. The second kappa shape index (κ2) is 6.34. The van der Waals surface area contributed by atoms with Gasteiger partial charge in [-0.15, -0.1) is 0 Å². The molecule has 0 aliphatic rings. The van der Waals surface area contributed by atoms with Gasteiger partial charge in [0, 0.05) is 10.0 Å². The van der Waals surface area contributed by atoms with Crippen molar-refractivity contribution in [1.29, 1.82) is 0 Å². The summed E-state index contributed by atoms with van der Waals surface area (Å²) in [7, 11) is 0. The Bertz CT molecular complexity index is 628. The van der Waals surface area contributed by atoms with Gasteiger partial charge in [-0.05, 0) is 28.1 Å². The summed E-state index contributed by atoms with van der Waals surface area (Å²) >= 11 is 3.26. The molecule has 5 heteroatoms. The largest absolute Gasteiger partial charge is 0.444 e. The molecular weight excluding hydrogens is 322 g/mol. The smallest absolute Gasteiger partial charge is 0.340 e. The zero-order valence-corrected chi connectivity index (χ0v) is 12.0. The van der Waals surface area contributed by atoms with E-state index in [1.54, 1.807) is 54.6 Å². The highest BCUT2D eigenvalue weighted by atomic mass is 79.9. The number of carbonyl (C=O) groups is 2. The number of ether oxygens (including phenoxy) is 1. The first kappa shape index (κ1) is 14.3. The summed E-state index contributed by atoms with van der Waals surface area (Å²) in [5, 5.41) is 0. The molecule has 2 rings (SSSR count). The van der Waals surface area contributed by atoms with E-state index in [2.05, 4.69) is 15.9 Å². The van der Waals surface area contributed by atoms with Crippen molar-refractivity contribution in [3.63, 3.8) is 0 Å². The summed E-state index contributed by atoms with van der Waals surface area (Å²) in [6.07, 6.45) is -1.10. The Morgan fingerprint density at radius 1 is 1.00 bits per heavy atom. The molecule has 2 aromatic carbocycles. The molecule has 1 unspecified atom stereocenters. The van der Waals surface area contributed by atoms with Crippen LogP contribution in [-0.2, 0) is 9.53 Å². The van der Waals surface area contributed by atoms with Crippen LogP contribution in [0.5, 0.6) is 0 Å². The molecule has 0 spiro atoms. The summed E-state index contributed by atoms with van der Waals surface area (Å²) < 4.78 is 5.82. The van der Waals surface area contributed by atoms with Gasteiger partial charge in [-0.3, -0.25) is 4.79 Å². The van der Waals surface area contributed by atoms with E-state index in [4.69, 9.17) is 10.5 Å². The van der Waals surface area contributed by atoms with Crippen LogP contribution in [-0.4, -0.2) is 11.9 Å². The van der Waals surface area contributed by atoms with Gasteiger partial charge in [-0.25, -0.2) is 4.79 Å². The molecule has 102 valence electrons. The average Bonchev–Trinajstić information content (AvgIpc) is 2.45. The molecule has 0 aliphatic carbocycles. The lowest BCUT2D eigenvalue weighted by Gasteiger charge is -2.15. The van der Waals surface area contributed by atoms with Gasteiger partial charge in [0.25, 0.3) is 5.91 Å². The van der Waals surface area contributed by atoms with Crippen molar-refractivity contribution in [2.24, 2.45) is 5.73 Å². The Morgan fingerprint density at radius 3 is 2.20 bits per heavy atom. The molecule has 1 amide bonds. The van der Waals surface area contributed by atoms with Crippen LogP contribution in [0, 0.1) is 0 Å². The quantitative estimate of drug-likeness (QED) is 0.874. The standard InChI is InChI=1S/C15H12BrNO3/c16-12-9-5-4-8-11(12)15(19)20-13(14(17)18)10-6-2-1-3-7-10/h1-9,13H,(H2,17,18). The molecule has 0 saturated carbocycles. The van der Waals surface area contributed by atoms with Gasteiger partial charge in [0.05, 0.1) is 5.56 Å². The maximum atomic E-state index is 12.1. The third-order valence-electron chi connectivity index (χ3n) is 2.68. The lowest BCUT2D eigenvalue weighted by Crippen LogP contribution is -2.26. The first-order valence-electron chi connectivity index (χ1n) is 5.89. The van der Waals surface area contributed by atoms with Crippen LogP contribution in [0.4, 0.5) is 0 Å². The fourth-order valence-corrected chi connectivity index (χ4v) is 2.16. The molecule has 0 aromatic heterocycles. The number of benzene rings is 2. The number of esters is 1. The van der Waals surface area contributed by atoms with Crippen molar-refractivity contribution >= 4 is 27.8 Å². The van der Waals surface area contributed by atoms with Crippen molar-refractivity contribution in [2.45, 2.75) is 6.10 Å². The molecule has 0 bridgehead atoms. The molecule has 0 aliphatic heterocycles. The van der Waals surface area contributed by atoms with E-state index in [0.717, 1.165) is 0 Å². The van der Waals surface area contributed by atoms with Crippen molar-refractivity contribution in [1.82, 2.24) is 0 Å². The number of hydrogen-bond donors (Lipinski definition) is 1. The van der Waals surface area contributed by atoms with E-state index in [9.17, 15) is 9.59 Å². The van der Waals surface area contributed by atoms with E-state index >= 15 is 0 Å². The van der Waals surface area contributed by atoms with Crippen molar-refractivity contribution in [3.8, 4) is 0 Å². The Hall–Kier alpha value is -2.14. The minimum Gasteiger partial charge on any atom is -0.444 e. The predicted octanol–water partition coefficient (Wildman–Crippen LogP) is 2.83. The van der Waals surface area contributed by atoms with E-state index in [-0.39, 0.29) is 0 Å². The number of rotatable bonds is 4. The molecule has 2 aromatic rings. The van der Waals surface area contributed by atoms with Crippen LogP contribution >= 0.6 is 15.9 Å². The average molecular weight is 334 g/mol. The van der Waals surface area contributed by atoms with Gasteiger partial charge in [0.15, 0.2) is 0 Å². The number of hydrogen-bond acceptors (Lipinski definition) is 3. The third kappa shape index (κ3) is 3.24. The van der Waals surface area contributed by atoms with E-state index in [1.807, 2.05) is 0 Å². The lowest BCUT2D eigenvalue weighted by molar-refractivity contribution is -0.127. The summed E-state index contributed by atoms with van der Waals surface area (Å²) in [6.45, 7) is 0. The van der Waals surface area contributed by atoms with Gasteiger partial charge in [-0.2, -0.15) is 0 Å². The van der Waals surface area contributed by atoms with Crippen LogP contribution in [0.1, 0.15) is 22.0 Å². The molecule has 4 nitrogen and oxygen atoms in total. The van der Waals surface area contributed by atoms with E-state index in [1.165, 1.54) is 0 Å². The Morgan fingerprint density at radius 2 is 1.60 bits per heavy atom. The fourth-order valence-electron chi connectivity index (χ4n) is 1.72. The molecule has 1 atom stereocenters. The van der Waals surface area contributed by atoms with Crippen molar-refractivity contribution < 1.29 is 14.3 Å². The highest BCUT2D eigenvalue weighted by Gasteiger charge is 2.23. The highest BCUT2D eigenvalue weighted by Crippen LogP contribution is 2.22. The molecule has 0 heterocycles. The topological polar surface area (TPSA) is 69.4 Å². The second-order valence-corrected chi connectivity index (χ2v) is 4.93. The number of carbonyl (C=O) groups excluding carboxylic acids is 2. The molecule has 0 radical (unpaired) electrons. The van der Waals surface area contributed by atoms with Crippen LogP contribution < -0.4 is 5.73 Å². The second-order valence-electron chi connectivity index (χ2n) is 4.08. The Balaban J connectivity index is 2.24. The highest BCUT2D eigenvalue weighted by molar-refractivity contribution is 9.10. The predicted molar refractivity (Wildman–Crippen MR) is 77.9 cm³/mol. The van der Waals surface area contributed by atoms with Gasteiger partial charge in [0.1, 0.15) is 0 Å². The molecule has 0 saturated heterocycles. The van der Waals surface area contributed by atoms with Crippen LogP contribution in [0.25, 0.3) is 0 Å². The summed E-state index contributed by atoms with van der Waals surface area (Å²) in [4.78, 5) is 23.6. The summed E-state index contributed by atoms with van der Waals surface area (Å²) in [5.41, 5.74) is 6.19. The Labute approximate surface area is 124 Å². The molecule has 20 heavy (non-hydrogen) atoms. The van der Waals surface area contributed by atoms with Gasteiger partial charge >= 0.3 is 5.97 Å². The van der Waals surface area contributed by atoms with Gasteiger partial charge in [0.2, 0.25) is 6.10 Å². The minimum atomic E-state index is -1.10. The molecule has 0 fully saturated rings. The number of nitrogens with two attached hydrogens (primary N) is 1. The maximum absolute atomic E-state index is 12.1.